The van der Waals surface area contributed by atoms with Crippen LogP contribution in [0.25, 0.3) is 0 Å². The van der Waals surface area contributed by atoms with Gasteiger partial charge in [0.2, 0.25) is 0 Å². The highest BCUT2D eigenvalue weighted by Gasteiger charge is 2.46. The van der Waals surface area contributed by atoms with Crippen molar-refractivity contribution in [1.82, 2.24) is 0 Å². The predicted molar refractivity (Wildman–Crippen MR) is 75.2 cm³/mol. The maximum absolute atomic E-state index is 12.4. The molecule has 1 aromatic rings. The molecule has 0 heterocycles. The summed E-state index contributed by atoms with van der Waals surface area (Å²) >= 11 is 5.68. The smallest absolute Gasteiger partial charge is 0.462 e. The fraction of sp³-hybridized carbons (Fsp3) is 0.417. The molecule has 0 amide bonds. The molecular weight excluding hydrogens is 347 g/mol. The average molecular weight is 360 g/mol. The Bertz CT molecular complexity index is 646. The fourth-order valence-corrected chi connectivity index (χ4v) is 2.12. The van der Waals surface area contributed by atoms with Crippen molar-refractivity contribution >= 4 is 33.3 Å². The van der Waals surface area contributed by atoms with E-state index in [0.717, 1.165) is 24.6 Å². The molecule has 10 heteroatoms. The van der Waals surface area contributed by atoms with Gasteiger partial charge in [-0.3, -0.25) is 4.72 Å². The van der Waals surface area contributed by atoms with Crippen LogP contribution in [0.3, 0.4) is 0 Å². The van der Waals surface area contributed by atoms with Gasteiger partial charge in [0.15, 0.2) is 0 Å². The second-order valence-electron chi connectivity index (χ2n) is 4.23. The molecule has 1 rings (SSSR count). The van der Waals surface area contributed by atoms with Crippen molar-refractivity contribution in [3.8, 4) is 0 Å². The third kappa shape index (κ3) is 4.77. The quantitative estimate of drug-likeness (QED) is 0.622. The molecule has 0 radical (unpaired) electrons. The standard InChI is InChI=1S/C12H13ClF3NO4S/c1-2-3-6-21-11(18)9-7-8(13)4-5-10(9)17-22(19,20)12(14,15)16/h4-5,7,17H,2-3,6H2,1H3. The molecular formula is C12H13ClF3NO4S. The molecule has 124 valence electrons. The van der Waals surface area contributed by atoms with E-state index in [0.29, 0.717) is 6.42 Å². The zero-order chi connectivity index (χ0) is 17.0. The number of carbonyl (C=O) groups excluding carboxylic acids is 1. The van der Waals surface area contributed by atoms with Gasteiger partial charge in [0.1, 0.15) is 0 Å². The van der Waals surface area contributed by atoms with Crippen molar-refractivity contribution in [3.05, 3.63) is 28.8 Å². The number of ether oxygens (including phenoxy) is 1. The molecule has 0 atom stereocenters. The third-order valence-corrected chi connectivity index (χ3v) is 3.81. The van der Waals surface area contributed by atoms with E-state index >= 15 is 0 Å². The van der Waals surface area contributed by atoms with Crippen LogP contribution in [0.1, 0.15) is 30.1 Å². The maximum Gasteiger partial charge on any atom is 0.516 e. The number of rotatable bonds is 6. The summed E-state index contributed by atoms with van der Waals surface area (Å²) in [4.78, 5) is 11.8. The number of halogens is 4. The minimum Gasteiger partial charge on any atom is -0.462 e. The Balaban J connectivity index is 3.09. The predicted octanol–water partition coefficient (Wildman–Crippen LogP) is 3.56. The van der Waals surface area contributed by atoms with Crippen molar-refractivity contribution in [2.75, 3.05) is 11.3 Å². The van der Waals surface area contributed by atoms with E-state index in [-0.39, 0.29) is 11.6 Å². The normalized spacial score (nSPS) is 12.0. The molecule has 0 aliphatic heterocycles. The Morgan fingerprint density at radius 2 is 2.00 bits per heavy atom. The van der Waals surface area contributed by atoms with Gasteiger partial charge in [-0.15, -0.1) is 0 Å². The van der Waals surface area contributed by atoms with Crippen molar-refractivity contribution in [2.24, 2.45) is 0 Å². The maximum atomic E-state index is 12.4. The van der Waals surface area contributed by atoms with Crippen LogP contribution < -0.4 is 4.72 Å². The number of esters is 1. The largest absolute Gasteiger partial charge is 0.516 e. The van der Waals surface area contributed by atoms with Crippen LogP contribution in [0.15, 0.2) is 18.2 Å². The summed E-state index contributed by atoms with van der Waals surface area (Å²) in [7, 11) is -5.65. The lowest BCUT2D eigenvalue weighted by Crippen LogP contribution is -2.30. The van der Waals surface area contributed by atoms with Crippen molar-refractivity contribution in [1.29, 1.82) is 0 Å². The first-order valence-electron chi connectivity index (χ1n) is 6.14. The van der Waals surface area contributed by atoms with E-state index in [1.807, 2.05) is 6.92 Å². The van der Waals surface area contributed by atoms with Crippen LogP contribution >= 0.6 is 11.6 Å². The number of alkyl halides is 3. The first-order valence-corrected chi connectivity index (χ1v) is 8.00. The lowest BCUT2D eigenvalue weighted by atomic mass is 10.2. The molecule has 0 spiro atoms. The SMILES string of the molecule is CCCCOC(=O)c1cc(Cl)ccc1NS(=O)(=O)C(F)(F)F. The summed E-state index contributed by atoms with van der Waals surface area (Å²) in [5.74, 6) is -0.962. The number of sulfonamides is 1. The first-order chi connectivity index (χ1) is 10.1. The van der Waals surface area contributed by atoms with Gasteiger partial charge in [-0.2, -0.15) is 21.6 Å². The van der Waals surface area contributed by atoms with Gasteiger partial charge < -0.3 is 4.74 Å². The first kappa shape index (κ1) is 18.6. The van der Waals surface area contributed by atoms with Gasteiger partial charge >= 0.3 is 21.5 Å². The second kappa shape index (κ2) is 7.19. The summed E-state index contributed by atoms with van der Waals surface area (Å²) in [6, 6.07) is 3.14. The van der Waals surface area contributed by atoms with Gasteiger partial charge in [0.05, 0.1) is 17.9 Å². The number of carbonyl (C=O) groups is 1. The Kier molecular flexibility index (Phi) is 6.07. The van der Waals surface area contributed by atoms with Gasteiger partial charge in [-0.25, -0.2) is 4.79 Å². The zero-order valence-corrected chi connectivity index (χ0v) is 13.0. The number of nitrogens with one attached hydrogen (secondary N) is 1. The number of hydrogen-bond donors (Lipinski definition) is 1. The monoisotopic (exact) mass is 359 g/mol. The molecule has 1 N–H and O–H groups in total. The van der Waals surface area contributed by atoms with Gasteiger partial charge in [-0.1, -0.05) is 24.9 Å². The van der Waals surface area contributed by atoms with Gasteiger partial charge in [0, 0.05) is 5.02 Å². The minimum absolute atomic E-state index is 0.0531. The summed E-state index contributed by atoms with van der Waals surface area (Å²) in [5, 5.41) is 0.0531. The average Bonchev–Trinajstić information content (AvgIpc) is 2.39. The lowest BCUT2D eigenvalue weighted by molar-refractivity contribution is -0.0429. The van der Waals surface area contributed by atoms with Gasteiger partial charge in [-0.05, 0) is 24.6 Å². The Morgan fingerprint density at radius 1 is 1.36 bits per heavy atom. The Labute approximate surface area is 130 Å². The van der Waals surface area contributed by atoms with Crippen LogP contribution in [0.4, 0.5) is 18.9 Å². The van der Waals surface area contributed by atoms with E-state index < -0.39 is 32.8 Å². The molecule has 0 unspecified atom stereocenters. The number of benzene rings is 1. The highest BCUT2D eigenvalue weighted by atomic mass is 35.5. The minimum atomic E-state index is -5.65. The molecule has 1 aromatic carbocycles. The summed E-state index contributed by atoms with van der Waals surface area (Å²) < 4.78 is 65.6. The van der Waals surface area contributed by atoms with Crippen molar-refractivity contribution < 1.29 is 31.1 Å². The van der Waals surface area contributed by atoms with E-state index in [4.69, 9.17) is 16.3 Å². The second-order valence-corrected chi connectivity index (χ2v) is 6.34. The number of hydrogen-bond acceptors (Lipinski definition) is 4. The van der Waals surface area contributed by atoms with Crippen LogP contribution in [0, 0.1) is 0 Å². The van der Waals surface area contributed by atoms with E-state index in [9.17, 15) is 26.4 Å². The topological polar surface area (TPSA) is 72.5 Å². The molecule has 0 saturated carbocycles. The third-order valence-electron chi connectivity index (χ3n) is 2.48. The molecule has 5 nitrogen and oxygen atoms in total. The molecule has 0 aliphatic carbocycles. The Morgan fingerprint density at radius 3 is 2.55 bits per heavy atom. The lowest BCUT2D eigenvalue weighted by Gasteiger charge is -2.14. The number of anilines is 1. The van der Waals surface area contributed by atoms with Crippen LogP contribution in [-0.2, 0) is 14.8 Å². The van der Waals surface area contributed by atoms with Crippen molar-refractivity contribution in [3.63, 3.8) is 0 Å². The number of unbranched alkanes of at least 4 members (excludes halogenated alkanes) is 1. The van der Waals surface area contributed by atoms with Crippen LogP contribution in [-0.4, -0.2) is 26.5 Å². The molecule has 0 fully saturated rings. The van der Waals surface area contributed by atoms with Gasteiger partial charge in [0.25, 0.3) is 0 Å². The molecule has 0 aromatic heterocycles. The summed E-state index contributed by atoms with van der Waals surface area (Å²) in [6.45, 7) is 1.92. The molecule has 0 aliphatic rings. The van der Waals surface area contributed by atoms with E-state index in [1.165, 1.54) is 4.72 Å². The zero-order valence-electron chi connectivity index (χ0n) is 11.4. The van der Waals surface area contributed by atoms with Crippen LogP contribution in [0.5, 0.6) is 0 Å². The molecule has 22 heavy (non-hydrogen) atoms. The van der Waals surface area contributed by atoms with Crippen molar-refractivity contribution in [2.45, 2.75) is 25.3 Å². The summed E-state index contributed by atoms with van der Waals surface area (Å²) in [5.41, 5.74) is -6.45. The molecule has 0 saturated heterocycles. The van der Waals surface area contributed by atoms with E-state index in [1.54, 1.807) is 0 Å². The highest BCUT2D eigenvalue weighted by Crippen LogP contribution is 2.28. The molecule has 0 bridgehead atoms. The Hall–Kier alpha value is -1.48. The fourth-order valence-electron chi connectivity index (χ4n) is 1.36. The highest BCUT2D eigenvalue weighted by molar-refractivity contribution is 7.93. The van der Waals surface area contributed by atoms with Crippen LogP contribution in [0.2, 0.25) is 5.02 Å². The van der Waals surface area contributed by atoms with E-state index in [2.05, 4.69) is 0 Å². The summed E-state index contributed by atoms with van der Waals surface area (Å²) in [6.07, 6.45) is 1.31.